The predicted octanol–water partition coefficient (Wildman–Crippen LogP) is 4.00. The highest BCUT2D eigenvalue weighted by Crippen LogP contribution is 2.29. The van der Waals surface area contributed by atoms with Crippen LogP contribution in [0.25, 0.3) is 0 Å². The molecule has 0 heterocycles. The number of amides is 2. The van der Waals surface area contributed by atoms with E-state index in [2.05, 4.69) is 10.6 Å². The number of carbonyl (C=O) groups is 3. The summed E-state index contributed by atoms with van der Waals surface area (Å²) in [5, 5.41) is 5.49. The summed E-state index contributed by atoms with van der Waals surface area (Å²) >= 11 is 0. The van der Waals surface area contributed by atoms with Crippen molar-refractivity contribution in [2.24, 2.45) is 0 Å². The molecule has 0 fully saturated rings. The van der Waals surface area contributed by atoms with E-state index in [1.807, 2.05) is 0 Å². The lowest BCUT2D eigenvalue weighted by Crippen LogP contribution is -2.16. The van der Waals surface area contributed by atoms with Gasteiger partial charge >= 0.3 is 5.97 Å². The van der Waals surface area contributed by atoms with Gasteiger partial charge in [0, 0.05) is 16.9 Å². The van der Waals surface area contributed by atoms with Gasteiger partial charge in [0.15, 0.2) is 0 Å². The van der Waals surface area contributed by atoms with Crippen molar-refractivity contribution in [1.82, 2.24) is 0 Å². The van der Waals surface area contributed by atoms with Crippen molar-refractivity contribution < 1.29 is 28.6 Å². The van der Waals surface area contributed by atoms with Gasteiger partial charge in [-0.1, -0.05) is 18.2 Å². The van der Waals surface area contributed by atoms with Gasteiger partial charge in [0.05, 0.1) is 26.9 Å². The van der Waals surface area contributed by atoms with Crippen LogP contribution in [0.2, 0.25) is 0 Å². The minimum Gasteiger partial charge on any atom is -0.496 e. The average Bonchev–Trinajstić information content (AvgIpc) is 2.83. The summed E-state index contributed by atoms with van der Waals surface area (Å²) in [5.74, 6) is -0.624. The van der Waals surface area contributed by atoms with Gasteiger partial charge < -0.3 is 24.8 Å². The number of methoxy groups -OCH3 is 3. The van der Waals surface area contributed by atoms with Crippen molar-refractivity contribution in [1.29, 1.82) is 0 Å². The van der Waals surface area contributed by atoms with Crippen LogP contribution in [0.4, 0.5) is 11.4 Å². The minimum absolute atomic E-state index is 0.243. The number of hydrogen-bond acceptors (Lipinski definition) is 6. The second-order valence-corrected chi connectivity index (χ2v) is 6.60. The van der Waals surface area contributed by atoms with Crippen molar-refractivity contribution in [3.8, 4) is 11.5 Å². The number of hydrogen-bond donors (Lipinski definition) is 2. The average molecular weight is 434 g/mol. The third kappa shape index (κ3) is 5.04. The number of esters is 1. The molecule has 0 aliphatic rings. The van der Waals surface area contributed by atoms with Gasteiger partial charge in [0.1, 0.15) is 17.1 Å². The minimum atomic E-state index is -0.502. The molecule has 32 heavy (non-hydrogen) atoms. The van der Waals surface area contributed by atoms with Crippen LogP contribution in [0, 0.1) is 0 Å². The summed E-state index contributed by atoms with van der Waals surface area (Å²) in [6.07, 6.45) is 0. The van der Waals surface area contributed by atoms with Crippen molar-refractivity contribution in [3.05, 3.63) is 83.4 Å². The number of carbonyl (C=O) groups excluding carboxylic acids is 3. The lowest BCUT2D eigenvalue weighted by molar-refractivity contribution is 0.0600. The molecule has 0 aliphatic carbocycles. The highest BCUT2D eigenvalue weighted by atomic mass is 16.5. The Balaban J connectivity index is 1.78. The number of anilines is 2. The summed E-state index contributed by atoms with van der Waals surface area (Å²) in [7, 11) is 4.21. The van der Waals surface area contributed by atoms with Crippen molar-refractivity contribution >= 4 is 29.2 Å². The van der Waals surface area contributed by atoms with Gasteiger partial charge in [-0.3, -0.25) is 9.59 Å². The maximum atomic E-state index is 12.9. The molecule has 0 atom stereocenters. The van der Waals surface area contributed by atoms with Crippen LogP contribution in [-0.2, 0) is 4.74 Å². The zero-order chi connectivity index (χ0) is 23.1. The quantitative estimate of drug-likeness (QED) is 0.545. The van der Waals surface area contributed by atoms with E-state index in [4.69, 9.17) is 14.2 Å². The number of rotatable bonds is 7. The number of ether oxygens (including phenoxy) is 3. The smallest absolute Gasteiger partial charge is 0.337 e. The number of benzene rings is 3. The van der Waals surface area contributed by atoms with Crippen molar-refractivity contribution in [2.75, 3.05) is 32.0 Å². The Kier molecular flexibility index (Phi) is 7.07. The van der Waals surface area contributed by atoms with E-state index in [0.717, 1.165) is 0 Å². The Hall–Kier alpha value is -4.33. The zero-order valence-corrected chi connectivity index (χ0v) is 17.8. The maximum Gasteiger partial charge on any atom is 0.337 e. The fraction of sp³-hybridized carbons (Fsp3) is 0.125. The Bertz CT molecular complexity index is 1140. The lowest BCUT2D eigenvalue weighted by Gasteiger charge is -2.13. The van der Waals surface area contributed by atoms with Crippen LogP contribution in [0.15, 0.2) is 66.7 Å². The largest absolute Gasteiger partial charge is 0.496 e. The first kappa shape index (κ1) is 22.4. The topological polar surface area (TPSA) is 103 Å². The molecule has 8 heteroatoms. The molecule has 2 N–H and O–H groups in total. The molecule has 0 bridgehead atoms. The second kappa shape index (κ2) is 10.1. The molecule has 3 aromatic carbocycles. The molecule has 0 saturated carbocycles. The van der Waals surface area contributed by atoms with E-state index >= 15 is 0 Å². The zero-order valence-electron chi connectivity index (χ0n) is 17.8. The fourth-order valence-electron chi connectivity index (χ4n) is 3.05. The normalized spacial score (nSPS) is 10.1. The van der Waals surface area contributed by atoms with Crippen LogP contribution in [-0.4, -0.2) is 39.1 Å². The first-order valence-corrected chi connectivity index (χ1v) is 9.59. The van der Waals surface area contributed by atoms with Gasteiger partial charge in [0.2, 0.25) is 0 Å². The first-order chi connectivity index (χ1) is 15.5. The molecule has 0 saturated heterocycles. The number of nitrogens with one attached hydrogen (secondary N) is 2. The molecule has 3 rings (SSSR count). The van der Waals surface area contributed by atoms with E-state index in [0.29, 0.717) is 34.0 Å². The molecule has 0 spiro atoms. The van der Waals surface area contributed by atoms with Gasteiger partial charge in [0.25, 0.3) is 11.8 Å². The third-order valence-corrected chi connectivity index (χ3v) is 4.58. The van der Waals surface area contributed by atoms with Gasteiger partial charge in [-0.15, -0.1) is 0 Å². The molecular weight excluding hydrogens is 412 g/mol. The SMILES string of the molecule is COC(=O)c1cccc(NC(=O)c2cccc(NC(=O)c3c(OC)cccc3OC)c2)c1. The van der Waals surface area contributed by atoms with Crippen LogP contribution in [0.3, 0.4) is 0 Å². The Morgan fingerprint density at radius 3 is 1.72 bits per heavy atom. The molecule has 0 unspecified atom stereocenters. The Morgan fingerprint density at radius 1 is 0.656 bits per heavy atom. The van der Waals surface area contributed by atoms with Crippen LogP contribution in [0.1, 0.15) is 31.1 Å². The van der Waals surface area contributed by atoms with E-state index in [-0.39, 0.29) is 5.56 Å². The van der Waals surface area contributed by atoms with Gasteiger partial charge in [-0.2, -0.15) is 0 Å². The van der Waals surface area contributed by atoms with Crippen molar-refractivity contribution in [2.45, 2.75) is 0 Å². The summed E-state index contributed by atoms with van der Waals surface area (Å²) in [6, 6.07) is 17.9. The predicted molar refractivity (Wildman–Crippen MR) is 120 cm³/mol. The highest BCUT2D eigenvalue weighted by molar-refractivity contribution is 6.09. The fourth-order valence-corrected chi connectivity index (χ4v) is 3.05. The first-order valence-electron chi connectivity index (χ1n) is 9.59. The molecule has 3 aromatic rings. The van der Waals surface area contributed by atoms with Crippen LogP contribution < -0.4 is 20.1 Å². The molecule has 0 aliphatic heterocycles. The van der Waals surface area contributed by atoms with E-state index in [1.165, 1.54) is 27.4 Å². The van der Waals surface area contributed by atoms with E-state index in [1.54, 1.807) is 60.7 Å². The van der Waals surface area contributed by atoms with Crippen LogP contribution in [0.5, 0.6) is 11.5 Å². The second-order valence-electron chi connectivity index (χ2n) is 6.60. The highest BCUT2D eigenvalue weighted by Gasteiger charge is 2.19. The standard InChI is InChI=1S/C24H22N2O6/c1-30-19-11-6-12-20(31-2)21(19)23(28)26-17-9-4-7-15(13-17)22(27)25-18-10-5-8-16(14-18)24(29)32-3/h4-14H,1-3H3,(H,25,27)(H,26,28). The summed E-state index contributed by atoms with van der Waals surface area (Å²) in [5.41, 5.74) is 1.73. The van der Waals surface area contributed by atoms with Crippen LogP contribution >= 0.6 is 0 Å². The Morgan fingerprint density at radius 2 is 1.16 bits per heavy atom. The lowest BCUT2D eigenvalue weighted by atomic mass is 10.1. The van der Waals surface area contributed by atoms with Crippen molar-refractivity contribution in [3.63, 3.8) is 0 Å². The molecule has 2 amide bonds. The third-order valence-electron chi connectivity index (χ3n) is 4.58. The molecule has 164 valence electrons. The molecular formula is C24H22N2O6. The Labute approximate surface area is 185 Å². The molecule has 0 aromatic heterocycles. The molecule has 0 radical (unpaired) electrons. The van der Waals surface area contributed by atoms with E-state index in [9.17, 15) is 14.4 Å². The summed E-state index contributed by atoms with van der Waals surface area (Å²) < 4.78 is 15.2. The van der Waals surface area contributed by atoms with Gasteiger partial charge in [-0.05, 0) is 48.5 Å². The summed E-state index contributed by atoms with van der Waals surface area (Å²) in [6.45, 7) is 0. The summed E-state index contributed by atoms with van der Waals surface area (Å²) in [4.78, 5) is 37.2. The van der Waals surface area contributed by atoms with E-state index < -0.39 is 17.8 Å². The molecule has 8 nitrogen and oxygen atoms in total. The maximum absolute atomic E-state index is 12.9. The monoisotopic (exact) mass is 434 g/mol. The van der Waals surface area contributed by atoms with Gasteiger partial charge in [-0.25, -0.2) is 4.79 Å².